The summed E-state index contributed by atoms with van der Waals surface area (Å²) in [5.41, 5.74) is 8.02. The van der Waals surface area contributed by atoms with Gasteiger partial charge in [0.15, 0.2) is 0 Å². The number of nitrogens with zero attached hydrogens (tertiary/aromatic N) is 1. The van der Waals surface area contributed by atoms with Crippen molar-refractivity contribution in [3.05, 3.63) is 40.8 Å². The average molecular weight is 295 g/mol. The van der Waals surface area contributed by atoms with Gasteiger partial charge in [-0.1, -0.05) is 17.3 Å². The van der Waals surface area contributed by atoms with Gasteiger partial charge >= 0.3 is 0 Å². The van der Waals surface area contributed by atoms with E-state index in [1.54, 1.807) is 39.0 Å². The van der Waals surface area contributed by atoms with Gasteiger partial charge in [0.05, 0.1) is 17.9 Å². The van der Waals surface area contributed by atoms with Crippen LogP contribution < -0.4 is 10.5 Å². The van der Waals surface area contributed by atoms with Gasteiger partial charge in [0, 0.05) is 6.07 Å². The first kappa shape index (κ1) is 14.5. The van der Waals surface area contributed by atoms with Crippen molar-refractivity contribution in [1.82, 2.24) is 9.88 Å². The molecule has 0 fully saturated rings. The largest absolute Gasteiger partial charge is 0.397 e. The van der Waals surface area contributed by atoms with E-state index in [-0.39, 0.29) is 17.1 Å². The molecule has 1 aromatic heterocycles. The summed E-state index contributed by atoms with van der Waals surface area (Å²) in [6.45, 7) is 5.29. The zero-order valence-corrected chi connectivity index (χ0v) is 12.4. The van der Waals surface area contributed by atoms with Gasteiger partial charge in [-0.3, -0.25) is 0 Å². The molecular formula is C13H17N3O3S. The second-order valence-electron chi connectivity index (χ2n) is 4.70. The first-order valence-electron chi connectivity index (χ1n) is 6.09. The van der Waals surface area contributed by atoms with Crippen LogP contribution >= 0.6 is 0 Å². The van der Waals surface area contributed by atoms with Crippen molar-refractivity contribution in [2.75, 3.05) is 5.73 Å². The quantitative estimate of drug-likeness (QED) is 0.836. The summed E-state index contributed by atoms with van der Waals surface area (Å²) in [6, 6.07) is 5.21. The van der Waals surface area contributed by atoms with Crippen molar-refractivity contribution in [3.8, 4) is 0 Å². The number of hydrogen-bond donors (Lipinski definition) is 2. The standard InChI is InChI=1S/C13H17N3O3S/c1-8-4-5-9(2)13(12(8)14)20(17,18)15-7-11-6-10(3)19-16-11/h4-6,15H,7,14H2,1-3H3. The maximum atomic E-state index is 12.4. The topological polar surface area (TPSA) is 98.2 Å². The van der Waals surface area contributed by atoms with Crippen LogP contribution in [0.5, 0.6) is 0 Å². The number of aryl methyl sites for hydroxylation is 3. The average Bonchev–Trinajstić information content (AvgIpc) is 2.78. The molecule has 0 bridgehead atoms. The lowest BCUT2D eigenvalue weighted by Crippen LogP contribution is -2.25. The fourth-order valence-corrected chi connectivity index (χ4v) is 3.33. The van der Waals surface area contributed by atoms with E-state index in [0.717, 1.165) is 5.56 Å². The lowest BCUT2D eigenvalue weighted by atomic mass is 10.1. The number of anilines is 1. The van der Waals surface area contributed by atoms with E-state index in [0.29, 0.717) is 17.0 Å². The molecule has 1 heterocycles. The predicted octanol–water partition coefficient (Wildman–Crippen LogP) is 1.66. The smallest absolute Gasteiger partial charge is 0.243 e. The van der Waals surface area contributed by atoms with Crippen LogP contribution in [0.2, 0.25) is 0 Å². The Morgan fingerprint density at radius 1 is 1.25 bits per heavy atom. The van der Waals surface area contributed by atoms with E-state index < -0.39 is 10.0 Å². The van der Waals surface area contributed by atoms with E-state index in [4.69, 9.17) is 10.3 Å². The molecule has 6 nitrogen and oxygen atoms in total. The number of aromatic nitrogens is 1. The molecule has 2 aromatic rings. The Balaban J connectivity index is 2.29. The minimum Gasteiger partial charge on any atom is -0.397 e. The molecule has 1 aromatic carbocycles. The highest BCUT2D eigenvalue weighted by Crippen LogP contribution is 2.25. The molecule has 2 rings (SSSR count). The number of benzene rings is 1. The lowest BCUT2D eigenvalue weighted by Gasteiger charge is -2.12. The third kappa shape index (κ3) is 2.83. The fourth-order valence-electron chi connectivity index (χ4n) is 1.91. The van der Waals surface area contributed by atoms with Crippen LogP contribution in [0.4, 0.5) is 5.69 Å². The van der Waals surface area contributed by atoms with Gasteiger partial charge in [-0.15, -0.1) is 0 Å². The molecule has 20 heavy (non-hydrogen) atoms. The van der Waals surface area contributed by atoms with Gasteiger partial charge in [0.25, 0.3) is 0 Å². The SMILES string of the molecule is Cc1cc(CNS(=O)(=O)c2c(C)ccc(C)c2N)no1. The molecule has 108 valence electrons. The molecule has 7 heteroatoms. The van der Waals surface area contributed by atoms with Gasteiger partial charge in [0.2, 0.25) is 10.0 Å². The first-order chi connectivity index (χ1) is 9.31. The summed E-state index contributed by atoms with van der Waals surface area (Å²) >= 11 is 0. The van der Waals surface area contributed by atoms with E-state index in [2.05, 4.69) is 9.88 Å². The molecule has 0 aliphatic heterocycles. The van der Waals surface area contributed by atoms with Crippen LogP contribution in [-0.4, -0.2) is 13.6 Å². The van der Waals surface area contributed by atoms with Crippen LogP contribution in [0.15, 0.2) is 27.6 Å². The van der Waals surface area contributed by atoms with Crippen molar-refractivity contribution in [2.45, 2.75) is 32.2 Å². The minimum atomic E-state index is -3.69. The molecular weight excluding hydrogens is 278 g/mol. The maximum Gasteiger partial charge on any atom is 0.243 e. The van der Waals surface area contributed by atoms with Crippen LogP contribution in [0.25, 0.3) is 0 Å². The van der Waals surface area contributed by atoms with Crippen LogP contribution in [-0.2, 0) is 16.6 Å². The van der Waals surface area contributed by atoms with Crippen LogP contribution in [0.1, 0.15) is 22.6 Å². The minimum absolute atomic E-state index is 0.0620. The Morgan fingerprint density at radius 2 is 1.90 bits per heavy atom. The highest BCUT2D eigenvalue weighted by Gasteiger charge is 2.21. The number of sulfonamides is 1. The Morgan fingerprint density at radius 3 is 2.50 bits per heavy atom. The van der Waals surface area contributed by atoms with Gasteiger partial charge in [0.1, 0.15) is 10.7 Å². The summed E-state index contributed by atoms with van der Waals surface area (Å²) in [4.78, 5) is 0.123. The lowest BCUT2D eigenvalue weighted by molar-refractivity contribution is 0.390. The molecule has 0 amide bonds. The molecule has 0 spiro atoms. The Bertz CT molecular complexity index is 735. The third-order valence-electron chi connectivity index (χ3n) is 3.00. The predicted molar refractivity (Wildman–Crippen MR) is 75.6 cm³/mol. The van der Waals surface area contributed by atoms with Crippen molar-refractivity contribution >= 4 is 15.7 Å². The molecule has 3 N–H and O–H groups in total. The number of nitrogens with one attached hydrogen (secondary N) is 1. The number of hydrogen-bond acceptors (Lipinski definition) is 5. The van der Waals surface area contributed by atoms with E-state index in [1.165, 1.54) is 0 Å². The highest BCUT2D eigenvalue weighted by atomic mass is 32.2. The zero-order valence-electron chi connectivity index (χ0n) is 11.6. The van der Waals surface area contributed by atoms with Crippen LogP contribution in [0, 0.1) is 20.8 Å². The van der Waals surface area contributed by atoms with E-state index in [9.17, 15) is 8.42 Å². The summed E-state index contributed by atoms with van der Waals surface area (Å²) in [7, 11) is -3.69. The maximum absolute atomic E-state index is 12.4. The van der Waals surface area contributed by atoms with Gasteiger partial charge < -0.3 is 10.3 Å². The third-order valence-corrected chi connectivity index (χ3v) is 4.60. The Kier molecular flexibility index (Phi) is 3.82. The Labute approximate surface area is 118 Å². The van der Waals surface area contributed by atoms with E-state index >= 15 is 0 Å². The van der Waals surface area contributed by atoms with Crippen molar-refractivity contribution in [2.24, 2.45) is 0 Å². The van der Waals surface area contributed by atoms with Gasteiger partial charge in [-0.2, -0.15) is 0 Å². The molecule has 0 radical (unpaired) electrons. The normalized spacial score (nSPS) is 11.8. The summed E-state index contributed by atoms with van der Waals surface area (Å²) < 4.78 is 32.1. The summed E-state index contributed by atoms with van der Waals surface area (Å²) in [6.07, 6.45) is 0. The Hall–Kier alpha value is -1.86. The van der Waals surface area contributed by atoms with Gasteiger partial charge in [-0.05, 0) is 31.9 Å². The second-order valence-corrected chi connectivity index (χ2v) is 6.40. The highest BCUT2D eigenvalue weighted by molar-refractivity contribution is 7.89. The fraction of sp³-hybridized carbons (Fsp3) is 0.308. The number of rotatable bonds is 4. The zero-order chi connectivity index (χ0) is 14.9. The van der Waals surface area contributed by atoms with Crippen LogP contribution in [0.3, 0.4) is 0 Å². The van der Waals surface area contributed by atoms with Crippen molar-refractivity contribution in [1.29, 1.82) is 0 Å². The number of nitrogen functional groups attached to an aromatic ring is 1. The number of nitrogens with two attached hydrogens (primary N) is 1. The molecule has 0 aliphatic rings. The second kappa shape index (κ2) is 5.26. The summed E-state index contributed by atoms with van der Waals surface area (Å²) in [5.74, 6) is 0.630. The van der Waals surface area contributed by atoms with E-state index in [1.807, 2.05) is 0 Å². The van der Waals surface area contributed by atoms with Crippen molar-refractivity contribution < 1.29 is 12.9 Å². The molecule has 0 saturated carbocycles. The molecule has 0 unspecified atom stereocenters. The van der Waals surface area contributed by atoms with Gasteiger partial charge in [-0.25, -0.2) is 13.1 Å². The summed E-state index contributed by atoms with van der Waals surface area (Å²) in [5, 5.41) is 3.74. The molecule has 0 aliphatic carbocycles. The first-order valence-corrected chi connectivity index (χ1v) is 7.57. The van der Waals surface area contributed by atoms with Crippen molar-refractivity contribution in [3.63, 3.8) is 0 Å². The molecule has 0 saturated heterocycles. The molecule has 0 atom stereocenters. The monoisotopic (exact) mass is 295 g/mol.